The molecule has 0 saturated carbocycles. The topological polar surface area (TPSA) is 43.4 Å². The normalized spacial score (nSPS) is 16.9. The fourth-order valence-corrected chi connectivity index (χ4v) is 4.25. The summed E-state index contributed by atoms with van der Waals surface area (Å²) in [4.78, 5) is 4.63. The van der Waals surface area contributed by atoms with Crippen molar-refractivity contribution in [3.8, 4) is 16.3 Å². The Morgan fingerprint density at radius 2 is 2.04 bits per heavy atom. The van der Waals surface area contributed by atoms with Crippen molar-refractivity contribution < 1.29 is 9.47 Å². The average molecular weight is 435 g/mol. The van der Waals surface area contributed by atoms with Gasteiger partial charge in [0.15, 0.2) is 0 Å². The van der Waals surface area contributed by atoms with Crippen LogP contribution in [0.1, 0.15) is 11.3 Å². The van der Waals surface area contributed by atoms with Crippen molar-refractivity contribution in [3.05, 3.63) is 69.1 Å². The monoisotopic (exact) mass is 434 g/mol. The maximum Gasteiger partial charge on any atom is 0.138 e. The largest absolute Gasteiger partial charge is 0.486 e. The number of hydrogen-bond donors (Lipinski definition) is 1. The van der Waals surface area contributed by atoms with Crippen LogP contribution in [-0.2, 0) is 17.8 Å². The van der Waals surface area contributed by atoms with E-state index in [0.717, 1.165) is 47.9 Å². The minimum atomic E-state index is 0.192. The van der Waals surface area contributed by atoms with E-state index in [1.54, 1.807) is 11.3 Å². The first kappa shape index (κ1) is 19.7. The zero-order valence-electron chi connectivity index (χ0n) is 15.2. The predicted molar refractivity (Wildman–Crippen MR) is 115 cm³/mol. The van der Waals surface area contributed by atoms with Crippen molar-refractivity contribution in [2.45, 2.75) is 19.1 Å². The Balaban J connectivity index is 1.36. The first-order valence-electron chi connectivity index (χ1n) is 9.11. The highest BCUT2D eigenvalue weighted by atomic mass is 35.5. The molecule has 4 nitrogen and oxygen atoms in total. The number of ether oxygens (including phenoxy) is 2. The fourth-order valence-electron chi connectivity index (χ4n) is 3.05. The van der Waals surface area contributed by atoms with Gasteiger partial charge in [0.2, 0.25) is 0 Å². The fraction of sp³-hybridized carbons (Fsp3) is 0.286. The Morgan fingerprint density at radius 1 is 1.18 bits per heavy atom. The SMILES string of the molecule is Clc1ccc(-c2nc(COc3ccc(C[C@@H]4CNCCO4)cc3Cl)cs2)cc1. The van der Waals surface area contributed by atoms with Gasteiger partial charge in [-0.2, -0.15) is 0 Å². The van der Waals surface area contributed by atoms with Crippen LogP contribution in [0.25, 0.3) is 10.6 Å². The molecule has 4 rings (SSSR count). The molecule has 1 saturated heterocycles. The summed E-state index contributed by atoms with van der Waals surface area (Å²) in [6, 6.07) is 13.6. The van der Waals surface area contributed by atoms with Gasteiger partial charge in [0, 0.05) is 29.1 Å². The van der Waals surface area contributed by atoms with E-state index in [1.165, 1.54) is 0 Å². The van der Waals surface area contributed by atoms with E-state index in [1.807, 2.05) is 47.8 Å². The quantitative estimate of drug-likeness (QED) is 0.576. The van der Waals surface area contributed by atoms with Gasteiger partial charge in [-0.15, -0.1) is 11.3 Å². The molecule has 1 aliphatic heterocycles. The summed E-state index contributed by atoms with van der Waals surface area (Å²) in [7, 11) is 0. The van der Waals surface area contributed by atoms with Gasteiger partial charge in [0.1, 0.15) is 17.4 Å². The molecule has 7 heteroatoms. The number of aromatic nitrogens is 1. The highest BCUT2D eigenvalue weighted by Crippen LogP contribution is 2.29. The number of nitrogens with zero attached hydrogens (tertiary/aromatic N) is 1. The van der Waals surface area contributed by atoms with Crippen LogP contribution in [0.2, 0.25) is 10.0 Å². The van der Waals surface area contributed by atoms with Crippen molar-refractivity contribution >= 4 is 34.5 Å². The molecule has 28 heavy (non-hydrogen) atoms. The minimum absolute atomic E-state index is 0.192. The second-order valence-corrected chi connectivity index (χ2v) is 8.31. The van der Waals surface area contributed by atoms with Crippen LogP contribution in [0.5, 0.6) is 5.75 Å². The predicted octanol–water partition coefficient (Wildman–Crippen LogP) is 5.23. The molecule has 3 aromatic rings. The van der Waals surface area contributed by atoms with E-state index >= 15 is 0 Å². The molecule has 0 amide bonds. The van der Waals surface area contributed by atoms with Crippen molar-refractivity contribution in [2.24, 2.45) is 0 Å². The van der Waals surface area contributed by atoms with Gasteiger partial charge < -0.3 is 14.8 Å². The molecular formula is C21H20Cl2N2O2S. The third kappa shape index (κ3) is 5.04. The molecular weight excluding hydrogens is 415 g/mol. The second kappa shape index (κ2) is 9.25. The lowest BCUT2D eigenvalue weighted by Gasteiger charge is -2.23. The van der Waals surface area contributed by atoms with Crippen LogP contribution in [0, 0.1) is 0 Å². The van der Waals surface area contributed by atoms with Crippen molar-refractivity contribution in [1.29, 1.82) is 0 Å². The number of thiazole rings is 1. The van der Waals surface area contributed by atoms with Gasteiger partial charge in [0.25, 0.3) is 0 Å². The maximum absolute atomic E-state index is 6.42. The minimum Gasteiger partial charge on any atom is -0.486 e. The second-order valence-electron chi connectivity index (χ2n) is 6.61. The van der Waals surface area contributed by atoms with E-state index in [-0.39, 0.29) is 6.10 Å². The first-order chi connectivity index (χ1) is 13.7. The number of hydrogen-bond acceptors (Lipinski definition) is 5. The number of morpholine rings is 1. The molecule has 0 aliphatic carbocycles. The molecule has 0 bridgehead atoms. The molecule has 0 unspecified atom stereocenters. The molecule has 2 aromatic carbocycles. The van der Waals surface area contributed by atoms with Gasteiger partial charge in [-0.1, -0.05) is 41.4 Å². The summed E-state index contributed by atoms with van der Waals surface area (Å²) >= 11 is 13.9. The summed E-state index contributed by atoms with van der Waals surface area (Å²) in [5.41, 5.74) is 3.06. The number of halogens is 2. The Morgan fingerprint density at radius 3 is 2.79 bits per heavy atom. The zero-order valence-corrected chi connectivity index (χ0v) is 17.5. The number of nitrogens with one attached hydrogen (secondary N) is 1. The van der Waals surface area contributed by atoms with Crippen LogP contribution < -0.4 is 10.1 Å². The van der Waals surface area contributed by atoms with Crippen molar-refractivity contribution in [2.75, 3.05) is 19.7 Å². The average Bonchev–Trinajstić information content (AvgIpc) is 3.18. The van der Waals surface area contributed by atoms with Gasteiger partial charge in [-0.25, -0.2) is 4.98 Å². The lowest BCUT2D eigenvalue weighted by molar-refractivity contribution is 0.0292. The van der Waals surface area contributed by atoms with Crippen molar-refractivity contribution in [3.63, 3.8) is 0 Å². The zero-order chi connectivity index (χ0) is 19.3. The standard InChI is InChI=1S/C21H20Cl2N2O2S/c22-16-4-2-15(3-5-16)21-25-17(13-28-21)12-27-20-6-1-14(10-19(20)23)9-18-11-24-7-8-26-18/h1-6,10,13,18,24H,7-9,11-12H2/t18-/m1/s1. The summed E-state index contributed by atoms with van der Waals surface area (Å²) in [6.45, 7) is 2.92. The first-order valence-corrected chi connectivity index (χ1v) is 10.7. The van der Waals surface area contributed by atoms with Crippen LogP contribution >= 0.6 is 34.5 Å². The van der Waals surface area contributed by atoms with Crippen molar-refractivity contribution in [1.82, 2.24) is 10.3 Å². The van der Waals surface area contributed by atoms with Crippen LogP contribution in [-0.4, -0.2) is 30.8 Å². The molecule has 1 N–H and O–H groups in total. The molecule has 1 aromatic heterocycles. The van der Waals surface area contributed by atoms with E-state index in [0.29, 0.717) is 22.4 Å². The highest BCUT2D eigenvalue weighted by molar-refractivity contribution is 7.13. The number of benzene rings is 2. The maximum atomic E-state index is 6.42. The Bertz CT molecular complexity index is 924. The molecule has 1 aliphatic rings. The summed E-state index contributed by atoms with van der Waals surface area (Å²) < 4.78 is 11.6. The number of rotatable bonds is 6. The highest BCUT2D eigenvalue weighted by Gasteiger charge is 2.15. The van der Waals surface area contributed by atoms with E-state index in [4.69, 9.17) is 32.7 Å². The van der Waals surface area contributed by atoms with Crippen LogP contribution in [0.3, 0.4) is 0 Å². The molecule has 2 heterocycles. The summed E-state index contributed by atoms with van der Waals surface area (Å²) in [5.74, 6) is 0.661. The Labute approximate surface area is 178 Å². The molecule has 1 atom stereocenters. The third-order valence-electron chi connectivity index (χ3n) is 4.48. The molecule has 0 radical (unpaired) electrons. The van der Waals surface area contributed by atoms with Gasteiger partial charge in [-0.3, -0.25) is 0 Å². The molecule has 146 valence electrons. The molecule has 1 fully saturated rings. The Kier molecular flexibility index (Phi) is 6.50. The van der Waals surface area contributed by atoms with Crippen LogP contribution in [0.4, 0.5) is 0 Å². The van der Waals surface area contributed by atoms with Gasteiger partial charge in [0.05, 0.1) is 23.4 Å². The van der Waals surface area contributed by atoms with Crippen LogP contribution in [0.15, 0.2) is 47.8 Å². The van der Waals surface area contributed by atoms with Gasteiger partial charge in [-0.05, 0) is 36.2 Å². The summed E-state index contributed by atoms with van der Waals surface area (Å²) in [5, 5.41) is 7.60. The van der Waals surface area contributed by atoms with E-state index < -0.39 is 0 Å². The lowest BCUT2D eigenvalue weighted by atomic mass is 10.1. The Hall–Kier alpha value is -1.63. The third-order valence-corrected chi connectivity index (χ3v) is 5.97. The molecule has 0 spiro atoms. The smallest absolute Gasteiger partial charge is 0.138 e. The summed E-state index contributed by atoms with van der Waals surface area (Å²) in [6.07, 6.45) is 1.03. The van der Waals surface area contributed by atoms with E-state index in [9.17, 15) is 0 Å². The lowest BCUT2D eigenvalue weighted by Crippen LogP contribution is -2.39. The van der Waals surface area contributed by atoms with Gasteiger partial charge >= 0.3 is 0 Å². The van der Waals surface area contributed by atoms with E-state index in [2.05, 4.69) is 10.3 Å².